The van der Waals surface area contributed by atoms with E-state index in [4.69, 9.17) is 6.42 Å². The number of halogens is 2. The van der Waals surface area contributed by atoms with Gasteiger partial charge < -0.3 is 15.3 Å². The molecule has 1 aromatic carbocycles. The summed E-state index contributed by atoms with van der Waals surface area (Å²) >= 11 is 1.23. The molecule has 2 aromatic rings. The summed E-state index contributed by atoms with van der Waals surface area (Å²) in [5, 5.41) is 16.8. The summed E-state index contributed by atoms with van der Waals surface area (Å²) in [6.07, 6.45) is 5.08. The molecule has 0 saturated carbocycles. The lowest BCUT2D eigenvalue weighted by Crippen LogP contribution is -2.34. The molecule has 0 spiro atoms. The van der Waals surface area contributed by atoms with Gasteiger partial charge in [-0.05, 0) is 23.6 Å². The third-order valence-corrected chi connectivity index (χ3v) is 4.96. The molecule has 0 radical (unpaired) electrons. The van der Waals surface area contributed by atoms with Gasteiger partial charge >= 0.3 is 6.03 Å². The Morgan fingerprint density at radius 2 is 2.19 bits per heavy atom. The zero-order valence-electron chi connectivity index (χ0n) is 14.3. The molecular weight excluding hydrogens is 374 g/mol. The topological polar surface area (TPSA) is 77.5 Å². The van der Waals surface area contributed by atoms with Gasteiger partial charge in [-0.25, -0.2) is 18.6 Å². The average molecular weight is 392 g/mol. The van der Waals surface area contributed by atoms with Gasteiger partial charge in [-0.2, -0.15) is 0 Å². The summed E-state index contributed by atoms with van der Waals surface area (Å²) in [6, 6.07) is 5.63. The van der Waals surface area contributed by atoms with Gasteiger partial charge in [-0.3, -0.25) is 5.32 Å². The van der Waals surface area contributed by atoms with Crippen molar-refractivity contribution in [1.82, 2.24) is 10.3 Å². The molecule has 0 bridgehead atoms. The molecular formula is C18H18F2N4O2S. The number of aliphatic hydroxyl groups excluding tert-OH is 1. The minimum atomic E-state index is -2.67. The number of aromatic nitrogens is 1. The summed E-state index contributed by atoms with van der Waals surface area (Å²) in [6.45, 7) is -0.325. The first-order valence-corrected chi connectivity index (χ1v) is 9.11. The maximum atomic E-state index is 13.3. The van der Waals surface area contributed by atoms with Gasteiger partial charge in [0.15, 0.2) is 5.01 Å². The highest BCUT2D eigenvalue weighted by atomic mass is 32.1. The minimum Gasteiger partial charge on any atom is -0.394 e. The van der Waals surface area contributed by atoms with Crippen LogP contribution >= 0.6 is 11.3 Å². The van der Waals surface area contributed by atoms with Gasteiger partial charge in [0.1, 0.15) is 5.82 Å². The van der Waals surface area contributed by atoms with E-state index in [0.717, 1.165) is 0 Å². The fourth-order valence-corrected chi connectivity index (χ4v) is 3.37. The number of aliphatic hydroxyl groups is 1. The second-order valence-corrected chi connectivity index (χ2v) is 6.99. The van der Waals surface area contributed by atoms with Crippen LogP contribution in [0, 0.1) is 12.3 Å². The van der Waals surface area contributed by atoms with Crippen molar-refractivity contribution in [3.8, 4) is 12.3 Å². The number of benzene rings is 1. The largest absolute Gasteiger partial charge is 0.394 e. The second kappa shape index (κ2) is 7.90. The standard InChI is InChI=1S/C18H18F2N4O2S/c1-2-16-22-15(10-27-16)23-17(26)21-14(9-25)12-3-5-13(6-4-12)24-8-7-18(19,20)11-24/h1,3-6,10,14,25H,7-9,11H2,(H2,21,23,26)/t14-/m0/s1. The SMILES string of the molecule is C#Cc1nc(NC(=O)N[C@@H](CO)c2ccc(N3CCC(F)(F)C3)cc2)cs1. The van der Waals surface area contributed by atoms with E-state index in [0.29, 0.717) is 28.6 Å². The Kier molecular flexibility index (Phi) is 5.58. The first-order chi connectivity index (χ1) is 12.9. The van der Waals surface area contributed by atoms with Crippen molar-refractivity contribution in [2.45, 2.75) is 18.4 Å². The molecule has 1 aliphatic heterocycles. The first-order valence-electron chi connectivity index (χ1n) is 8.23. The molecule has 142 valence electrons. The van der Waals surface area contributed by atoms with Crippen LogP contribution in [0.2, 0.25) is 0 Å². The third-order valence-electron chi connectivity index (χ3n) is 4.19. The van der Waals surface area contributed by atoms with Crippen LogP contribution in [0.3, 0.4) is 0 Å². The van der Waals surface area contributed by atoms with E-state index >= 15 is 0 Å². The van der Waals surface area contributed by atoms with Crippen LogP contribution < -0.4 is 15.5 Å². The summed E-state index contributed by atoms with van der Waals surface area (Å²) in [5.41, 5.74) is 1.34. The number of alkyl halides is 2. The predicted octanol–water partition coefficient (Wildman–Crippen LogP) is 2.82. The zero-order valence-corrected chi connectivity index (χ0v) is 15.1. The maximum absolute atomic E-state index is 13.3. The summed E-state index contributed by atoms with van der Waals surface area (Å²) in [4.78, 5) is 17.7. The number of nitrogens with one attached hydrogen (secondary N) is 2. The number of nitrogens with zero attached hydrogens (tertiary/aromatic N) is 2. The summed E-state index contributed by atoms with van der Waals surface area (Å²) in [5.74, 6) is 0.0372. The van der Waals surface area contributed by atoms with Crippen molar-refractivity contribution in [1.29, 1.82) is 0 Å². The van der Waals surface area contributed by atoms with E-state index in [1.165, 1.54) is 11.3 Å². The Morgan fingerprint density at radius 1 is 1.44 bits per heavy atom. The van der Waals surface area contributed by atoms with Gasteiger partial charge in [0.05, 0.1) is 19.2 Å². The van der Waals surface area contributed by atoms with E-state index in [1.807, 2.05) is 0 Å². The quantitative estimate of drug-likeness (QED) is 0.684. The molecule has 9 heteroatoms. The molecule has 1 aliphatic rings. The highest BCUT2D eigenvalue weighted by molar-refractivity contribution is 7.10. The van der Waals surface area contributed by atoms with E-state index in [9.17, 15) is 18.7 Å². The Morgan fingerprint density at radius 3 is 2.74 bits per heavy atom. The number of terminal acetylenes is 1. The van der Waals surface area contributed by atoms with Gasteiger partial charge in [-0.15, -0.1) is 17.8 Å². The molecule has 3 rings (SSSR count). The van der Waals surface area contributed by atoms with Crippen molar-refractivity contribution in [3.05, 3.63) is 40.2 Å². The van der Waals surface area contributed by atoms with Gasteiger partial charge in [0, 0.05) is 24.0 Å². The molecule has 6 nitrogen and oxygen atoms in total. The van der Waals surface area contributed by atoms with Gasteiger partial charge in [-0.1, -0.05) is 12.1 Å². The fraction of sp³-hybridized carbons (Fsp3) is 0.333. The number of thiazole rings is 1. The number of urea groups is 1. The average Bonchev–Trinajstić information content (AvgIpc) is 3.25. The number of rotatable bonds is 5. The molecule has 2 heterocycles. The molecule has 1 fully saturated rings. The number of hydrogen-bond donors (Lipinski definition) is 3. The molecule has 0 unspecified atom stereocenters. The van der Waals surface area contributed by atoms with Crippen LogP contribution in [-0.4, -0.2) is 41.7 Å². The Labute approximate surface area is 159 Å². The highest BCUT2D eigenvalue weighted by Gasteiger charge is 2.38. The lowest BCUT2D eigenvalue weighted by Gasteiger charge is -2.21. The van der Waals surface area contributed by atoms with Crippen LogP contribution in [0.5, 0.6) is 0 Å². The van der Waals surface area contributed by atoms with Crippen molar-refractivity contribution in [2.24, 2.45) is 0 Å². The van der Waals surface area contributed by atoms with E-state index in [1.54, 1.807) is 34.5 Å². The minimum absolute atomic E-state index is 0.159. The highest BCUT2D eigenvalue weighted by Crippen LogP contribution is 2.31. The van der Waals surface area contributed by atoms with Crippen molar-refractivity contribution >= 4 is 28.9 Å². The number of anilines is 2. The molecule has 27 heavy (non-hydrogen) atoms. The van der Waals surface area contributed by atoms with Crippen LogP contribution in [0.15, 0.2) is 29.6 Å². The predicted molar refractivity (Wildman–Crippen MR) is 100 cm³/mol. The first kappa shape index (κ1) is 19.1. The van der Waals surface area contributed by atoms with Gasteiger partial charge in [0.2, 0.25) is 0 Å². The van der Waals surface area contributed by atoms with Crippen LogP contribution in [-0.2, 0) is 0 Å². The lowest BCUT2D eigenvalue weighted by molar-refractivity contribution is 0.0257. The third kappa shape index (κ3) is 4.72. The smallest absolute Gasteiger partial charge is 0.320 e. The number of carbonyl (C=O) groups is 1. The fourth-order valence-electron chi connectivity index (χ4n) is 2.82. The van der Waals surface area contributed by atoms with Crippen LogP contribution in [0.4, 0.5) is 25.1 Å². The molecule has 1 saturated heterocycles. The van der Waals surface area contributed by atoms with E-state index in [2.05, 4.69) is 21.5 Å². The normalized spacial score (nSPS) is 16.6. The number of carbonyl (C=O) groups excluding carboxylic acids is 1. The summed E-state index contributed by atoms with van der Waals surface area (Å²) in [7, 11) is 0. The van der Waals surface area contributed by atoms with Crippen molar-refractivity contribution < 1.29 is 18.7 Å². The maximum Gasteiger partial charge on any atom is 0.320 e. The second-order valence-electron chi connectivity index (χ2n) is 6.13. The molecule has 2 amide bonds. The van der Waals surface area contributed by atoms with Crippen LogP contribution in [0.25, 0.3) is 0 Å². The molecule has 0 aliphatic carbocycles. The Hall–Kier alpha value is -2.70. The van der Waals surface area contributed by atoms with E-state index < -0.39 is 18.0 Å². The van der Waals surface area contributed by atoms with E-state index in [-0.39, 0.29) is 19.6 Å². The van der Waals surface area contributed by atoms with Crippen molar-refractivity contribution in [2.75, 3.05) is 29.9 Å². The zero-order chi connectivity index (χ0) is 19.4. The monoisotopic (exact) mass is 392 g/mol. The molecule has 1 aromatic heterocycles. The Bertz CT molecular complexity index is 848. The Balaban J connectivity index is 1.61. The number of amides is 2. The van der Waals surface area contributed by atoms with Gasteiger partial charge in [0.25, 0.3) is 5.92 Å². The molecule has 1 atom stereocenters. The van der Waals surface area contributed by atoms with Crippen molar-refractivity contribution in [3.63, 3.8) is 0 Å². The van der Waals surface area contributed by atoms with Crippen LogP contribution in [0.1, 0.15) is 23.0 Å². The molecule has 3 N–H and O–H groups in total. The lowest BCUT2D eigenvalue weighted by atomic mass is 10.1. The number of hydrogen-bond acceptors (Lipinski definition) is 5. The summed E-state index contributed by atoms with van der Waals surface area (Å²) < 4.78 is 26.7.